The number of carbonyl (C=O) groups is 1. The van der Waals surface area contributed by atoms with Crippen molar-refractivity contribution in [2.75, 3.05) is 0 Å². The van der Waals surface area contributed by atoms with Gasteiger partial charge in [0.05, 0.1) is 5.92 Å². The number of amides is 2. The number of rotatable bonds is 0. The van der Waals surface area contributed by atoms with E-state index in [2.05, 4.69) is 15.3 Å². The number of dihydropyridines is 1. The number of urea groups is 1. The molecule has 0 saturated heterocycles. The summed E-state index contributed by atoms with van der Waals surface area (Å²) in [4.78, 5) is 18.7. The summed E-state index contributed by atoms with van der Waals surface area (Å²) in [5.74, 6) is 0.257. The van der Waals surface area contributed by atoms with Crippen molar-refractivity contribution in [3.63, 3.8) is 0 Å². The SMILES string of the molecule is CC1=CC2C(N)=NC(=O)NC2N=C1. The molecule has 68 valence electrons. The van der Waals surface area contributed by atoms with Gasteiger partial charge >= 0.3 is 6.03 Å². The van der Waals surface area contributed by atoms with Crippen LogP contribution in [0.4, 0.5) is 4.79 Å². The lowest BCUT2D eigenvalue weighted by molar-refractivity contribution is 0.242. The first kappa shape index (κ1) is 7.97. The van der Waals surface area contributed by atoms with Crippen LogP contribution < -0.4 is 11.1 Å². The van der Waals surface area contributed by atoms with Crippen LogP contribution in [-0.2, 0) is 0 Å². The second-order valence-electron chi connectivity index (χ2n) is 3.15. The Morgan fingerprint density at radius 1 is 1.62 bits per heavy atom. The molecule has 0 aromatic heterocycles. The van der Waals surface area contributed by atoms with Crippen molar-refractivity contribution in [2.24, 2.45) is 21.6 Å². The van der Waals surface area contributed by atoms with Crippen LogP contribution in [0, 0.1) is 5.92 Å². The number of nitrogens with one attached hydrogen (secondary N) is 1. The average molecular weight is 178 g/mol. The molecule has 2 aliphatic rings. The molecule has 5 nitrogen and oxygen atoms in total. The summed E-state index contributed by atoms with van der Waals surface area (Å²) in [7, 11) is 0. The topological polar surface area (TPSA) is 79.8 Å². The minimum Gasteiger partial charge on any atom is -0.386 e. The third-order valence-electron chi connectivity index (χ3n) is 2.06. The maximum absolute atomic E-state index is 10.9. The Hall–Kier alpha value is -1.65. The van der Waals surface area contributed by atoms with E-state index in [9.17, 15) is 4.79 Å². The number of nitrogens with zero attached hydrogens (tertiary/aromatic N) is 2. The van der Waals surface area contributed by atoms with E-state index >= 15 is 0 Å². The molecule has 0 aliphatic carbocycles. The first-order valence-electron chi connectivity index (χ1n) is 4.03. The van der Waals surface area contributed by atoms with Crippen LogP contribution in [0.25, 0.3) is 0 Å². The Morgan fingerprint density at radius 2 is 2.38 bits per heavy atom. The molecule has 13 heavy (non-hydrogen) atoms. The molecule has 0 saturated carbocycles. The van der Waals surface area contributed by atoms with Gasteiger partial charge in [-0.05, 0) is 12.5 Å². The number of allylic oxidation sites excluding steroid dienone is 1. The van der Waals surface area contributed by atoms with Gasteiger partial charge in [-0.15, -0.1) is 0 Å². The van der Waals surface area contributed by atoms with Crippen molar-refractivity contribution in [1.82, 2.24) is 5.32 Å². The maximum atomic E-state index is 10.9. The van der Waals surface area contributed by atoms with Crippen molar-refractivity contribution in [3.05, 3.63) is 11.6 Å². The molecule has 2 rings (SSSR count). The number of hydrogen-bond donors (Lipinski definition) is 2. The Labute approximate surface area is 75.4 Å². The minimum absolute atomic E-state index is 0.0808. The number of nitrogens with two attached hydrogens (primary N) is 1. The molecule has 0 radical (unpaired) electrons. The van der Waals surface area contributed by atoms with Gasteiger partial charge in [-0.3, -0.25) is 4.99 Å². The molecule has 2 amide bonds. The summed E-state index contributed by atoms with van der Waals surface area (Å²) in [5, 5.41) is 2.62. The minimum atomic E-state index is -0.413. The molecule has 3 N–H and O–H groups in total. The van der Waals surface area contributed by atoms with Crippen molar-refractivity contribution in [2.45, 2.75) is 13.1 Å². The largest absolute Gasteiger partial charge is 0.386 e. The fourth-order valence-corrected chi connectivity index (χ4v) is 1.43. The second kappa shape index (κ2) is 2.69. The van der Waals surface area contributed by atoms with Crippen LogP contribution in [-0.4, -0.2) is 24.2 Å². The van der Waals surface area contributed by atoms with Crippen molar-refractivity contribution in [1.29, 1.82) is 0 Å². The van der Waals surface area contributed by atoms with Gasteiger partial charge in [-0.2, -0.15) is 4.99 Å². The summed E-state index contributed by atoms with van der Waals surface area (Å²) in [5.41, 5.74) is 6.65. The van der Waals surface area contributed by atoms with E-state index in [1.165, 1.54) is 0 Å². The molecule has 2 unspecified atom stereocenters. The van der Waals surface area contributed by atoms with Gasteiger partial charge in [0.1, 0.15) is 12.0 Å². The predicted octanol–water partition coefficient (Wildman–Crippen LogP) is 0.0398. The van der Waals surface area contributed by atoms with Gasteiger partial charge in [-0.1, -0.05) is 6.08 Å². The third-order valence-corrected chi connectivity index (χ3v) is 2.06. The van der Waals surface area contributed by atoms with Crippen LogP contribution in [0.2, 0.25) is 0 Å². The lowest BCUT2D eigenvalue weighted by Gasteiger charge is -2.27. The van der Waals surface area contributed by atoms with E-state index in [0.717, 1.165) is 5.57 Å². The van der Waals surface area contributed by atoms with E-state index in [4.69, 9.17) is 5.73 Å². The molecule has 5 heteroatoms. The van der Waals surface area contributed by atoms with E-state index in [1.807, 2.05) is 13.0 Å². The zero-order valence-electron chi connectivity index (χ0n) is 7.19. The first-order chi connectivity index (χ1) is 6.16. The van der Waals surface area contributed by atoms with Crippen LogP contribution >= 0.6 is 0 Å². The average Bonchev–Trinajstić information content (AvgIpc) is 2.06. The van der Waals surface area contributed by atoms with E-state index in [1.54, 1.807) is 6.21 Å². The second-order valence-corrected chi connectivity index (χ2v) is 3.15. The van der Waals surface area contributed by atoms with Crippen molar-refractivity contribution < 1.29 is 4.79 Å². The Bertz CT molecular complexity index is 342. The molecule has 0 spiro atoms. The molecule has 0 aromatic carbocycles. The zero-order valence-corrected chi connectivity index (χ0v) is 7.19. The van der Waals surface area contributed by atoms with Crippen molar-refractivity contribution >= 4 is 18.1 Å². The van der Waals surface area contributed by atoms with Crippen LogP contribution in [0.15, 0.2) is 21.6 Å². The molecule has 2 atom stereocenters. The Balaban J connectivity index is 2.35. The van der Waals surface area contributed by atoms with E-state index in [0.29, 0.717) is 5.84 Å². The molecular weight excluding hydrogens is 168 g/mol. The lowest BCUT2D eigenvalue weighted by Crippen LogP contribution is -2.48. The van der Waals surface area contributed by atoms with Gasteiger partial charge < -0.3 is 11.1 Å². The summed E-state index contributed by atoms with van der Waals surface area (Å²) in [6.07, 6.45) is 3.41. The fourth-order valence-electron chi connectivity index (χ4n) is 1.43. The van der Waals surface area contributed by atoms with Gasteiger partial charge in [0.25, 0.3) is 0 Å². The molecule has 0 fully saturated rings. The van der Waals surface area contributed by atoms with Gasteiger partial charge in [-0.25, -0.2) is 4.79 Å². The number of aliphatic imine (C=N–C) groups is 2. The Kier molecular flexibility index (Phi) is 1.65. The number of amidine groups is 1. The summed E-state index contributed by atoms with van der Waals surface area (Å²) in [6.45, 7) is 1.93. The van der Waals surface area contributed by atoms with Crippen LogP contribution in [0.3, 0.4) is 0 Å². The molecule has 0 aromatic rings. The first-order valence-corrected chi connectivity index (χ1v) is 4.03. The van der Waals surface area contributed by atoms with E-state index in [-0.39, 0.29) is 12.1 Å². The van der Waals surface area contributed by atoms with Gasteiger partial charge in [0.15, 0.2) is 0 Å². The number of fused-ring (bicyclic) bond motifs is 1. The zero-order chi connectivity index (χ0) is 9.42. The normalized spacial score (nSPS) is 31.6. The highest BCUT2D eigenvalue weighted by Gasteiger charge is 2.30. The highest BCUT2D eigenvalue weighted by atomic mass is 16.2. The molecular formula is C8H10N4O. The highest BCUT2D eigenvalue weighted by Crippen LogP contribution is 2.17. The molecule has 2 heterocycles. The highest BCUT2D eigenvalue weighted by molar-refractivity contribution is 5.99. The monoisotopic (exact) mass is 178 g/mol. The summed E-state index contributed by atoms with van der Waals surface area (Å²) in [6, 6.07) is -0.413. The smallest absolute Gasteiger partial charge is 0.344 e. The van der Waals surface area contributed by atoms with Crippen LogP contribution in [0.1, 0.15) is 6.92 Å². The quantitative estimate of drug-likeness (QED) is 0.549. The maximum Gasteiger partial charge on any atom is 0.344 e. The predicted molar refractivity (Wildman–Crippen MR) is 49.7 cm³/mol. The number of hydrogen-bond acceptors (Lipinski definition) is 3. The van der Waals surface area contributed by atoms with Gasteiger partial charge in [0, 0.05) is 6.21 Å². The van der Waals surface area contributed by atoms with Crippen LogP contribution in [0.5, 0.6) is 0 Å². The van der Waals surface area contributed by atoms with Gasteiger partial charge in [0.2, 0.25) is 0 Å². The lowest BCUT2D eigenvalue weighted by atomic mass is 9.98. The molecule has 0 bridgehead atoms. The van der Waals surface area contributed by atoms with Crippen molar-refractivity contribution in [3.8, 4) is 0 Å². The fraction of sp³-hybridized carbons (Fsp3) is 0.375. The molecule has 2 aliphatic heterocycles. The summed E-state index contributed by atoms with van der Waals surface area (Å²) < 4.78 is 0. The Morgan fingerprint density at radius 3 is 3.15 bits per heavy atom. The third kappa shape index (κ3) is 1.32. The van der Waals surface area contributed by atoms with E-state index < -0.39 is 6.03 Å². The standard InChI is InChI=1S/C8H10N4O/c1-4-2-5-6(9)11-8(13)12-7(5)10-3-4/h2-3,5,7H,1H3,(H3,9,11,12,13). The number of carbonyl (C=O) groups excluding carboxylic acids is 1. The summed E-state index contributed by atoms with van der Waals surface area (Å²) >= 11 is 0.